The van der Waals surface area contributed by atoms with Gasteiger partial charge in [0, 0.05) is 45.8 Å². The first kappa shape index (κ1) is 29.6. The number of amides is 2. The van der Waals surface area contributed by atoms with Crippen molar-refractivity contribution < 1.29 is 40.3 Å². The Kier molecular flexibility index (Phi) is 7.79. The molecule has 0 fully saturated rings. The molecular formula is C28H22BrF4N3O5S. The zero-order valence-corrected chi connectivity index (χ0v) is 24.5. The highest BCUT2D eigenvalue weighted by molar-refractivity contribution is 9.10. The van der Waals surface area contributed by atoms with Crippen molar-refractivity contribution in [2.24, 2.45) is 0 Å². The predicted molar refractivity (Wildman–Crippen MR) is 147 cm³/mol. The van der Waals surface area contributed by atoms with Gasteiger partial charge in [0.25, 0.3) is 21.8 Å². The SMILES string of the molecule is COc1cccc2c1CCN(C(=O)c1cn(CC(=O)NS(=O)(=O)c3c(C)c(F)c(F)c(F)c3F)c3ccc(Br)cc13)C2. The van der Waals surface area contributed by atoms with Gasteiger partial charge in [0.1, 0.15) is 17.2 Å². The molecule has 5 rings (SSSR count). The predicted octanol–water partition coefficient (Wildman–Crippen LogP) is 4.98. The van der Waals surface area contributed by atoms with Crippen molar-refractivity contribution in [3.8, 4) is 5.75 Å². The highest BCUT2D eigenvalue weighted by Gasteiger charge is 2.32. The van der Waals surface area contributed by atoms with E-state index in [1.165, 1.54) is 10.8 Å². The average Bonchev–Trinajstić information content (AvgIpc) is 3.30. The standard InChI is InChI=1S/C28H22BrF4N3O5S/c1-14-23(30)24(31)25(32)26(33)27(14)42(39,40)34-22(37)13-36-12-19(18-10-16(29)6-7-20(18)36)28(38)35-9-8-17-15(11-35)4-3-5-21(17)41-2/h3-7,10,12H,8-9,11,13H2,1-2H3,(H,34,37). The van der Waals surface area contributed by atoms with Crippen molar-refractivity contribution in [2.45, 2.75) is 31.3 Å². The third kappa shape index (κ3) is 5.13. The number of halogens is 5. The van der Waals surface area contributed by atoms with Crippen molar-refractivity contribution in [1.82, 2.24) is 14.2 Å². The Morgan fingerprint density at radius 2 is 1.76 bits per heavy atom. The minimum atomic E-state index is -5.15. The number of hydrogen-bond donors (Lipinski definition) is 1. The molecule has 0 spiro atoms. The van der Waals surface area contributed by atoms with Gasteiger partial charge in [-0.25, -0.2) is 30.7 Å². The van der Waals surface area contributed by atoms with Crippen molar-refractivity contribution >= 4 is 48.7 Å². The summed E-state index contributed by atoms with van der Waals surface area (Å²) in [5.74, 6) is -9.34. The van der Waals surface area contributed by atoms with E-state index < -0.39 is 56.2 Å². The van der Waals surface area contributed by atoms with Crippen LogP contribution in [0.5, 0.6) is 5.75 Å². The summed E-state index contributed by atoms with van der Waals surface area (Å²) in [6.45, 7) is 0.809. The van der Waals surface area contributed by atoms with Crippen LogP contribution >= 0.6 is 15.9 Å². The van der Waals surface area contributed by atoms with E-state index in [0.29, 0.717) is 34.9 Å². The van der Waals surface area contributed by atoms with Crippen LogP contribution < -0.4 is 9.46 Å². The van der Waals surface area contributed by atoms with Crippen LogP contribution in [-0.4, -0.2) is 43.4 Å². The van der Waals surface area contributed by atoms with Gasteiger partial charge in [-0.2, -0.15) is 0 Å². The van der Waals surface area contributed by atoms with Gasteiger partial charge >= 0.3 is 0 Å². The molecule has 1 N–H and O–H groups in total. The van der Waals surface area contributed by atoms with Crippen molar-refractivity contribution in [2.75, 3.05) is 13.7 Å². The normalized spacial score (nSPS) is 13.3. The fourth-order valence-corrected chi connectivity index (χ4v) is 6.75. The van der Waals surface area contributed by atoms with Crippen LogP contribution in [0.3, 0.4) is 0 Å². The number of carbonyl (C=O) groups is 2. The highest BCUT2D eigenvalue weighted by atomic mass is 79.9. The molecule has 2 amide bonds. The number of sulfonamides is 1. The molecule has 1 aromatic heterocycles. The van der Waals surface area contributed by atoms with Gasteiger partial charge in [-0.1, -0.05) is 28.1 Å². The van der Waals surface area contributed by atoms with E-state index in [1.54, 1.807) is 34.9 Å². The van der Waals surface area contributed by atoms with Gasteiger partial charge in [0.05, 0.1) is 12.7 Å². The Morgan fingerprint density at radius 3 is 2.48 bits per heavy atom. The molecular weight excluding hydrogens is 646 g/mol. The number of nitrogens with zero attached hydrogens (tertiary/aromatic N) is 2. The average molecular weight is 668 g/mol. The van der Waals surface area contributed by atoms with Crippen molar-refractivity contribution in [3.05, 3.63) is 92.6 Å². The number of fused-ring (bicyclic) bond motifs is 2. The highest BCUT2D eigenvalue weighted by Crippen LogP contribution is 2.32. The third-order valence-corrected chi connectivity index (χ3v) is 9.09. The first-order valence-electron chi connectivity index (χ1n) is 12.4. The summed E-state index contributed by atoms with van der Waals surface area (Å²) < 4.78 is 90.2. The first-order valence-corrected chi connectivity index (χ1v) is 14.7. The molecule has 0 radical (unpaired) electrons. The Morgan fingerprint density at radius 1 is 1.05 bits per heavy atom. The number of rotatable bonds is 6. The van der Waals surface area contributed by atoms with Crippen LogP contribution in [0, 0.1) is 30.2 Å². The van der Waals surface area contributed by atoms with Gasteiger partial charge in [-0.15, -0.1) is 0 Å². The van der Waals surface area contributed by atoms with Crippen LogP contribution in [0.1, 0.15) is 27.0 Å². The second-order valence-corrected chi connectivity index (χ2v) is 12.2. The van der Waals surface area contributed by atoms with Crippen LogP contribution in [0.25, 0.3) is 10.9 Å². The van der Waals surface area contributed by atoms with E-state index in [-0.39, 0.29) is 11.5 Å². The third-order valence-electron chi connectivity index (χ3n) is 7.08. The van der Waals surface area contributed by atoms with Gasteiger partial charge < -0.3 is 14.2 Å². The summed E-state index contributed by atoms with van der Waals surface area (Å²) in [4.78, 5) is 26.7. The zero-order chi connectivity index (χ0) is 30.5. The molecule has 8 nitrogen and oxygen atoms in total. The Labute approximate surface area is 246 Å². The molecule has 0 unspecified atom stereocenters. The van der Waals surface area contributed by atoms with Crippen LogP contribution in [0.4, 0.5) is 17.6 Å². The van der Waals surface area contributed by atoms with E-state index in [1.807, 2.05) is 18.2 Å². The molecule has 3 aromatic carbocycles. The number of aromatic nitrogens is 1. The van der Waals surface area contributed by atoms with E-state index >= 15 is 0 Å². The van der Waals surface area contributed by atoms with Crippen molar-refractivity contribution in [3.63, 3.8) is 0 Å². The Bertz CT molecular complexity index is 1870. The van der Waals surface area contributed by atoms with Gasteiger partial charge in [-0.05, 0) is 43.2 Å². The first-order chi connectivity index (χ1) is 19.8. The maximum Gasteiger partial charge on any atom is 0.267 e. The number of hydrogen-bond acceptors (Lipinski definition) is 5. The van der Waals surface area contributed by atoms with Crippen LogP contribution in [0.2, 0.25) is 0 Å². The summed E-state index contributed by atoms with van der Waals surface area (Å²) >= 11 is 3.37. The topological polar surface area (TPSA) is 97.7 Å². The summed E-state index contributed by atoms with van der Waals surface area (Å²) in [5.41, 5.74) is 1.57. The maximum absolute atomic E-state index is 14.4. The lowest BCUT2D eigenvalue weighted by atomic mass is 9.98. The number of carbonyl (C=O) groups excluding carboxylic acids is 2. The van der Waals surface area contributed by atoms with E-state index in [4.69, 9.17) is 4.74 Å². The summed E-state index contributed by atoms with van der Waals surface area (Å²) in [6.07, 6.45) is 1.96. The number of methoxy groups -OCH3 is 1. The molecule has 14 heteroatoms. The lowest BCUT2D eigenvalue weighted by molar-refractivity contribution is -0.119. The second kappa shape index (κ2) is 11.1. The molecule has 0 saturated heterocycles. The molecule has 1 aliphatic rings. The number of nitrogens with one attached hydrogen (secondary N) is 1. The zero-order valence-electron chi connectivity index (χ0n) is 22.1. The van der Waals surface area contributed by atoms with E-state index in [9.17, 15) is 35.6 Å². The minimum Gasteiger partial charge on any atom is -0.496 e. The maximum atomic E-state index is 14.4. The lowest BCUT2D eigenvalue weighted by Crippen LogP contribution is -2.36. The fraction of sp³-hybridized carbons (Fsp3) is 0.214. The summed E-state index contributed by atoms with van der Waals surface area (Å²) in [5, 5.41) is 0.478. The van der Waals surface area contributed by atoms with Gasteiger partial charge in [0.2, 0.25) is 0 Å². The molecule has 0 saturated carbocycles. The molecule has 0 aliphatic carbocycles. The largest absolute Gasteiger partial charge is 0.496 e. The lowest BCUT2D eigenvalue weighted by Gasteiger charge is -2.29. The van der Waals surface area contributed by atoms with Crippen LogP contribution in [-0.2, 0) is 34.3 Å². The molecule has 4 aromatic rings. The molecule has 0 atom stereocenters. The fourth-order valence-electron chi connectivity index (χ4n) is 5.11. The van der Waals surface area contributed by atoms with Gasteiger partial charge in [-0.3, -0.25) is 9.59 Å². The molecule has 0 bridgehead atoms. The summed E-state index contributed by atoms with van der Waals surface area (Å²) in [7, 11) is -3.57. The Hall–Kier alpha value is -3.91. The smallest absolute Gasteiger partial charge is 0.267 e. The molecule has 42 heavy (non-hydrogen) atoms. The van der Waals surface area contributed by atoms with E-state index in [2.05, 4.69) is 15.9 Å². The number of benzene rings is 3. The van der Waals surface area contributed by atoms with Crippen LogP contribution in [0.15, 0.2) is 52.0 Å². The minimum absolute atomic E-state index is 0.248. The molecule has 1 aliphatic heterocycles. The second-order valence-electron chi connectivity index (χ2n) is 9.65. The monoisotopic (exact) mass is 667 g/mol. The number of ether oxygens (including phenoxy) is 1. The van der Waals surface area contributed by atoms with Crippen molar-refractivity contribution in [1.29, 1.82) is 0 Å². The quantitative estimate of drug-likeness (QED) is 0.178. The summed E-state index contributed by atoms with van der Waals surface area (Å²) in [6, 6.07) is 10.6. The molecule has 2 heterocycles. The molecule has 220 valence electrons. The van der Waals surface area contributed by atoms with Gasteiger partial charge in [0.15, 0.2) is 23.3 Å². The van der Waals surface area contributed by atoms with E-state index in [0.717, 1.165) is 23.8 Å². The Balaban J connectivity index is 1.44.